The van der Waals surface area contributed by atoms with Gasteiger partial charge in [0.1, 0.15) is 24.0 Å². The molecular formula is C34H22F2I2N2O2S. The molecule has 43 heavy (non-hydrogen) atoms. The molecule has 0 bridgehead atoms. The molecule has 0 saturated carbocycles. The summed E-state index contributed by atoms with van der Waals surface area (Å²) in [5, 5.41) is 0. The second-order valence-electron chi connectivity index (χ2n) is 10.4. The molecular weight excluding hydrogens is 792 g/mol. The zero-order valence-electron chi connectivity index (χ0n) is 22.5. The van der Waals surface area contributed by atoms with E-state index >= 15 is 0 Å². The molecule has 0 unspecified atom stereocenters. The molecule has 0 fully saturated rings. The third-order valence-electron chi connectivity index (χ3n) is 7.71. The van der Waals surface area contributed by atoms with Crippen molar-refractivity contribution in [2.24, 2.45) is 4.99 Å². The van der Waals surface area contributed by atoms with Gasteiger partial charge in [0.25, 0.3) is 5.56 Å². The predicted octanol–water partition coefficient (Wildman–Crippen LogP) is 7.39. The van der Waals surface area contributed by atoms with Crippen LogP contribution < -0.4 is 19.6 Å². The number of hydrogen-bond donors (Lipinski definition) is 0. The van der Waals surface area contributed by atoms with Crippen molar-refractivity contribution in [3.8, 4) is 5.75 Å². The number of aromatic nitrogens is 1. The van der Waals surface area contributed by atoms with Gasteiger partial charge in [-0.3, -0.25) is 9.36 Å². The van der Waals surface area contributed by atoms with Gasteiger partial charge >= 0.3 is 0 Å². The van der Waals surface area contributed by atoms with Crippen molar-refractivity contribution in [2.75, 3.05) is 0 Å². The fourth-order valence-corrected chi connectivity index (χ4v) is 8.75. The lowest BCUT2D eigenvalue weighted by atomic mass is 9.83. The van der Waals surface area contributed by atoms with Gasteiger partial charge in [-0.1, -0.05) is 65.9 Å². The van der Waals surface area contributed by atoms with Gasteiger partial charge in [-0.15, -0.1) is 0 Å². The first-order valence-electron chi connectivity index (χ1n) is 13.6. The van der Waals surface area contributed by atoms with Crippen molar-refractivity contribution in [3.63, 3.8) is 0 Å². The number of thiazole rings is 1. The molecule has 4 aromatic carbocycles. The Morgan fingerprint density at radius 1 is 0.977 bits per heavy atom. The van der Waals surface area contributed by atoms with E-state index in [9.17, 15) is 13.6 Å². The molecule has 0 radical (unpaired) electrons. The van der Waals surface area contributed by atoms with E-state index in [0.29, 0.717) is 20.6 Å². The summed E-state index contributed by atoms with van der Waals surface area (Å²) in [6.45, 7) is 0.0576. The Morgan fingerprint density at radius 2 is 1.74 bits per heavy atom. The number of aryl methyl sites for hydroxylation is 1. The van der Waals surface area contributed by atoms with Crippen molar-refractivity contribution in [2.45, 2.75) is 25.5 Å². The Hall–Kier alpha value is -3.16. The van der Waals surface area contributed by atoms with Gasteiger partial charge in [-0.25, -0.2) is 13.8 Å². The van der Waals surface area contributed by atoms with Crippen LogP contribution in [-0.2, 0) is 13.0 Å². The van der Waals surface area contributed by atoms with Crippen molar-refractivity contribution in [1.29, 1.82) is 0 Å². The Morgan fingerprint density at radius 3 is 2.56 bits per heavy atom. The first-order chi connectivity index (χ1) is 20.9. The van der Waals surface area contributed by atoms with E-state index in [1.165, 1.54) is 35.1 Å². The van der Waals surface area contributed by atoms with E-state index in [1.807, 2.05) is 30.3 Å². The average Bonchev–Trinajstić information content (AvgIpc) is 3.31. The maximum atomic E-state index is 14.3. The molecule has 0 amide bonds. The molecule has 1 aromatic heterocycles. The molecule has 1 atom stereocenters. The summed E-state index contributed by atoms with van der Waals surface area (Å²) in [7, 11) is 0. The number of hydrogen-bond acceptors (Lipinski definition) is 4. The molecule has 0 spiro atoms. The summed E-state index contributed by atoms with van der Waals surface area (Å²) in [4.78, 5) is 19.8. The highest BCUT2D eigenvalue weighted by Crippen LogP contribution is 2.41. The predicted molar refractivity (Wildman–Crippen MR) is 182 cm³/mol. The van der Waals surface area contributed by atoms with E-state index in [0.717, 1.165) is 47.9 Å². The molecule has 7 rings (SSSR count). The van der Waals surface area contributed by atoms with E-state index in [2.05, 4.69) is 57.3 Å². The maximum Gasteiger partial charge on any atom is 0.271 e. The van der Waals surface area contributed by atoms with Crippen molar-refractivity contribution >= 4 is 68.3 Å². The molecule has 2 aliphatic rings. The first kappa shape index (κ1) is 28.6. The lowest BCUT2D eigenvalue weighted by Crippen LogP contribution is -2.38. The molecule has 0 saturated heterocycles. The van der Waals surface area contributed by atoms with Gasteiger partial charge < -0.3 is 4.74 Å². The fourth-order valence-electron chi connectivity index (χ4n) is 5.71. The van der Waals surface area contributed by atoms with E-state index in [-0.39, 0.29) is 23.8 Å². The first-order valence-corrected chi connectivity index (χ1v) is 16.6. The van der Waals surface area contributed by atoms with Gasteiger partial charge in [-0.05, 0) is 111 Å². The number of allylic oxidation sites excluding steroid dienone is 1. The van der Waals surface area contributed by atoms with E-state index < -0.39 is 6.04 Å². The van der Waals surface area contributed by atoms with Gasteiger partial charge in [-0.2, -0.15) is 0 Å². The van der Waals surface area contributed by atoms with Gasteiger partial charge in [0.15, 0.2) is 4.80 Å². The molecule has 1 aliphatic carbocycles. The quantitative estimate of drug-likeness (QED) is 0.174. The topological polar surface area (TPSA) is 43.6 Å². The number of halogens is 4. The van der Waals surface area contributed by atoms with Crippen LogP contribution in [0.5, 0.6) is 5.75 Å². The maximum absolute atomic E-state index is 14.3. The number of benzene rings is 4. The largest absolute Gasteiger partial charge is 0.487 e. The molecule has 5 aromatic rings. The number of rotatable bonds is 5. The third kappa shape index (κ3) is 5.40. The van der Waals surface area contributed by atoms with Crippen molar-refractivity contribution in [3.05, 3.63) is 157 Å². The molecule has 4 nitrogen and oxygen atoms in total. The lowest BCUT2D eigenvalue weighted by Gasteiger charge is -2.30. The SMILES string of the molecule is O=c1/c(=C\c2cc(I)cc(I)c2OCc2ccccc2F)sc2n1[C@@H](c1ccc(F)cc1)C1=C(N=2)c2ccccc2CC1. The summed E-state index contributed by atoms with van der Waals surface area (Å²) >= 11 is 5.77. The minimum Gasteiger partial charge on any atom is -0.487 e. The van der Waals surface area contributed by atoms with Gasteiger partial charge in [0.2, 0.25) is 0 Å². The van der Waals surface area contributed by atoms with Crippen LogP contribution in [0.1, 0.15) is 40.3 Å². The highest BCUT2D eigenvalue weighted by atomic mass is 127. The molecule has 2 heterocycles. The monoisotopic (exact) mass is 814 g/mol. The summed E-state index contributed by atoms with van der Waals surface area (Å²) < 4.78 is 38.6. The zero-order chi connectivity index (χ0) is 29.7. The van der Waals surface area contributed by atoms with Crippen LogP contribution >= 0.6 is 56.5 Å². The Balaban J connectivity index is 1.39. The van der Waals surface area contributed by atoms with Crippen molar-refractivity contribution < 1.29 is 13.5 Å². The highest BCUT2D eigenvalue weighted by Gasteiger charge is 2.32. The van der Waals surface area contributed by atoms with E-state index in [1.54, 1.807) is 34.9 Å². The standard InChI is InChI=1S/C34H22F2I2N2O2S/c35-23-12-9-20(10-13-23)31-26-14-11-19-5-1-3-7-25(19)30(26)39-34-40(31)33(41)29(43-34)16-22-15-24(37)17-28(38)32(22)42-18-21-6-2-4-8-27(21)36/h1-10,12-13,15-17,31H,11,14,18H2/b29-16+/t31-/m0/s1. The van der Waals surface area contributed by atoms with Gasteiger partial charge in [0.05, 0.1) is 19.8 Å². The number of fused-ring (bicyclic) bond motifs is 3. The minimum atomic E-state index is -0.393. The fraction of sp³-hybridized carbons (Fsp3) is 0.118. The summed E-state index contributed by atoms with van der Waals surface area (Å²) in [6, 6.07) is 24.7. The van der Waals surface area contributed by atoms with Crippen LogP contribution in [0.25, 0.3) is 11.8 Å². The lowest BCUT2D eigenvalue weighted by molar-refractivity contribution is 0.297. The molecule has 0 N–H and O–H groups in total. The van der Waals surface area contributed by atoms with Crippen LogP contribution in [-0.4, -0.2) is 4.57 Å². The number of nitrogens with zero attached hydrogens (tertiary/aromatic N) is 2. The summed E-state index contributed by atoms with van der Waals surface area (Å²) in [6.07, 6.45) is 3.43. The second-order valence-corrected chi connectivity index (χ2v) is 13.8. The van der Waals surface area contributed by atoms with Crippen molar-refractivity contribution in [1.82, 2.24) is 4.57 Å². The highest BCUT2D eigenvalue weighted by molar-refractivity contribution is 14.1. The van der Waals surface area contributed by atoms with Gasteiger partial charge in [0, 0.05) is 20.3 Å². The smallest absolute Gasteiger partial charge is 0.271 e. The Kier molecular flexibility index (Phi) is 7.81. The number of ether oxygens (including phenoxy) is 1. The third-order valence-corrected chi connectivity index (χ3v) is 10.1. The molecule has 9 heteroatoms. The normalized spacial score (nSPS) is 15.9. The van der Waals surface area contributed by atoms with Crippen LogP contribution in [0, 0.1) is 18.8 Å². The average molecular weight is 814 g/mol. The Bertz CT molecular complexity index is 2120. The van der Waals surface area contributed by atoms with E-state index in [4.69, 9.17) is 9.73 Å². The van der Waals surface area contributed by atoms with Crippen LogP contribution in [0.3, 0.4) is 0 Å². The summed E-state index contributed by atoms with van der Waals surface area (Å²) in [5.41, 5.74) is 6.10. The summed E-state index contributed by atoms with van der Waals surface area (Å²) in [5.74, 6) is -0.0711. The molecule has 214 valence electrons. The van der Waals surface area contributed by atoms with Crippen LogP contribution in [0.2, 0.25) is 0 Å². The van der Waals surface area contributed by atoms with Crippen LogP contribution in [0.15, 0.2) is 100 Å². The van der Waals surface area contributed by atoms with Crippen LogP contribution in [0.4, 0.5) is 8.78 Å². The second kappa shape index (κ2) is 11.7. The molecule has 1 aliphatic heterocycles. The Labute approximate surface area is 277 Å². The zero-order valence-corrected chi connectivity index (χ0v) is 27.6. The minimum absolute atomic E-state index is 0.0576.